The Bertz CT molecular complexity index is 498. The second-order valence-electron chi connectivity index (χ2n) is 4.34. The lowest BCUT2D eigenvalue weighted by atomic mass is 10.4. The normalized spacial score (nSPS) is 14.1. The number of nitrogens with zero attached hydrogens (tertiary/aromatic N) is 3. The summed E-state index contributed by atoms with van der Waals surface area (Å²) in [6.45, 7) is 6.37. The fourth-order valence-corrected chi connectivity index (χ4v) is 3.19. The monoisotopic (exact) mass is 293 g/mol. The third-order valence-corrected chi connectivity index (χ3v) is 5.20. The van der Waals surface area contributed by atoms with Crippen molar-refractivity contribution >= 4 is 21.6 Å². The molecule has 0 amide bonds. The van der Waals surface area contributed by atoms with E-state index in [-0.39, 0.29) is 16.9 Å². The minimum Gasteiger partial charge on any atom is -0.334 e. The first kappa shape index (κ1) is 15.5. The fraction of sp³-hybridized carbons (Fsp3) is 0.727. The Morgan fingerprint density at radius 2 is 2.17 bits per heavy atom. The van der Waals surface area contributed by atoms with Crippen LogP contribution < -0.4 is 0 Å². The lowest BCUT2D eigenvalue weighted by Crippen LogP contribution is -2.36. The van der Waals surface area contributed by atoms with E-state index in [0.29, 0.717) is 5.82 Å². The number of hydrogen-bond donors (Lipinski definition) is 0. The number of halogens is 1. The Morgan fingerprint density at radius 3 is 2.67 bits per heavy atom. The van der Waals surface area contributed by atoms with Gasteiger partial charge in [0.05, 0.1) is 0 Å². The van der Waals surface area contributed by atoms with Crippen molar-refractivity contribution in [3.63, 3.8) is 0 Å². The maximum absolute atomic E-state index is 12.3. The van der Waals surface area contributed by atoms with Gasteiger partial charge in [-0.15, -0.1) is 11.6 Å². The van der Waals surface area contributed by atoms with Crippen molar-refractivity contribution in [1.29, 1.82) is 0 Å². The van der Waals surface area contributed by atoms with Crippen LogP contribution in [0, 0.1) is 6.92 Å². The molecule has 1 atom stereocenters. The molecule has 1 aromatic rings. The highest BCUT2D eigenvalue weighted by Gasteiger charge is 2.27. The molecule has 0 saturated heterocycles. The number of imidazole rings is 1. The predicted molar refractivity (Wildman–Crippen MR) is 72.4 cm³/mol. The first-order valence-electron chi connectivity index (χ1n) is 5.92. The van der Waals surface area contributed by atoms with Crippen molar-refractivity contribution in [3.05, 3.63) is 12.0 Å². The van der Waals surface area contributed by atoms with Crippen LogP contribution in [0.5, 0.6) is 0 Å². The molecule has 0 N–H and O–H groups in total. The van der Waals surface area contributed by atoms with E-state index >= 15 is 0 Å². The number of aryl methyl sites for hydroxylation is 2. The van der Waals surface area contributed by atoms with Gasteiger partial charge in [0.1, 0.15) is 5.82 Å². The van der Waals surface area contributed by atoms with Crippen molar-refractivity contribution in [3.8, 4) is 0 Å². The predicted octanol–water partition coefficient (Wildman–Crippen LogP) is 1.85. The first-order valence-corrected chi connectivity index (χ1v) is 7.89. The van der Waals surface area contributed by atoms with Crippen LogP contribution in [-0.4, -0.2) is 41.2 Å². The van der Waals surface area contributed by atoms with Gasteiger partial charge in [0.2, 0.25) is 0 Å². The summed E-state index contributed by atoms with van der Waals surface area (Å²) in [6, 6.07) is -0.256. The zero-order valence-corrected chi connectivity index (χ0v) is 12.8. The standard InChI is InChI=1S/C11H20ClN3O2S/c1-5-6-15-8-11(13-10(15)3)18(16,17)14(4)9(2)7-12/h8-9H,5-7H2,1-4H3. The SMILES string of the molecule is CCCn1cc(S(=O)(=O)N(C)C(C)CCl)nc1C. The maximum Gasteiger partial charge on any atom is 0.262 e. The molecule has 104 valence electrons. The molecule has 0 aliphatic rings. The van der Waals surface area contributed by atoms with Gasteiger partial charge in [-0.25, -0.2) is 13.4 Å². The minimum absolute atomic E-state index is 0.0907. The van der Waals surface area contributed by atoms with E-state index in [4.69, 9.17) is 11.6 Å². The maximum atomic E-state index is 12.3. The quantitative estimate of drug-likeness (QED) is 0.752. The minimum atomic E-state index is -3.55. The molecule has 1 rings (SSSR count). The average molecular weight is 294 g/mol. The number of aromatic nitrogens is 2. The van der Waals surface area contributed by atoms with Crippen LogP contribution >= 0.6 is 11.6 Å². The van der Waals surface area contributed by atoms with Gasteiger partial charge in [-0.2, -0.15) is 4.31 Å². The Morgan fingerprint density at radius 1 is 1.56 bits per heavy atom. The molecule has 1 aromatic heterocycles. The average Bonchev–Trinajstić information content (AvgIpc) is 2.70. The van der Waals surface area contributed by atoms with Crippen LogP contribution in [0.25, 0.3) is 0 Å². The Hall–Kier alpha value is -0.590. The van der Waals surface area contributed by atoms with E-state index in [9.17, 15) is 8.42 Å². The molecule has 0 fully saturated rings. The smallest absolute Gasteiger partial charge is 0.262 e. The van der Waals surface area contributed by atoms with Crippen LogP contribution in [0.15, 0.2) is 11.2 Å². The van der Waals surface area contributed by atoms with Gasteiger partial charge in [0.25, 0.3) is 10.0 Å². The topological polar surface area (TPSA) is 55.2 Å². The van der Waals surface area contributed by atoms with Crippen LogP contribution in [-0.2, 0) is 16.6 Å². The van der Waals surface area contributed by atoms with Crippen molar-refractivity contribution in [2.75, 3.05) is 12.9 Å². The third-order valence-electron chi connectivity index (χ3n) is 2.91. The first-order chi connectivity index (χ1) is 8.34. The van der Waals surface area contributed by atoms with Crippen molar-refractivity contribution in [2.24, 2.45) is 0 Å². The van der Waals surface area contributed by atoms with Crippen LogP contribution in [0.1, 0.15) is 26.1 Å². The van der Waals surface area contributed by atoms with Gasteiger partial charge < -0.3 is 4.57 Å². The molecule has 5 nitrogen and oxygen atoms in total. The van der Waals surface area contributed by atoms with Gasteiger partial charge in [0, 0.05) is 31.7 Å². The molecule has 0 saturated carbocycles. The van der Waals surface area contributed by atoms with E-state index in [1.165, 1.54) is 11.4 Å². The molecule has 1 unspecified atom stereocenters. The van der Waals surface area contributed by atoms with Crippen LogP contribution in [0.4, 0.5) is 0 Å². The van der Waals surface area contributed by atoms with Crippen LogP contribution in [0.2, 0.25) is 0 Å². The van der Waals surface area contributed by atoms with Gasteiger partial charge in [-0.1, -0.05) is 6.92 Å². The largest absolute Gasteiger partial charge is 0.334 e. The number of hydrogen-bond acceptors (Lipinski definition) is 3. The Kier molecular flexibility index (Phi) is 5.19. The molecule has 7 heteroatoms. The molecular formula is C11H20ClN3O2S. The summed E-state index contributed by atoms with van der Waals surface area (Å²) in [6.07, 6.45) is 2.52. The van der Waals surface area contributed by atoms with E-state index < -0.39 is 10.0 Å². The van der Waals surface area contributed by atoms with Crippen molar-refractivity contribution in [1.82, 2.24) is 13.9 Å². The Balaban J connectivity index is 3.09. The van der Waals surface area contributed by atoms with E-state index in [1.807, 2.05) is 11.5 Å². The summed E-state index contributed by atoms with van der Waals surface area (Å²) in [7, 11) is -2.03. The van der Waals surface area contributed by atoms with Gasteiger partial charge in [-0.05, 0) is 20.3 Å². The summed E-state index contributed by atoms with van der Waals surface area (Å²) in [5.41, 5.74) is 0. The lowest BCUT2D eigenvalue weighted by molar-refractivity contribution is 0.411. The summed E-state index contributed by atoms with van der Waals surface area (Å²) in [5.74, 6) is 0.965. The number of rotatable bonds is 6. The zero-order valence-electron chi connectivity index (χ0n) is 11.2. The summed E-state index contributed by atoms with van der Waals surface area (Å²) < 4.78 is 27.7. The van der Waals surface area contributed by atoms with E-state index in [2.05, 4.69) is 4.98 Å². The van der Waals surface area contributed by atoms with E-state index in [0.717, 1.165) is 13.0 Å². The summed E-state index contributed by atoms with van der Waals surface area (Å²) >= 11 is 5.69. The second-order valence-corrected chi connectivity index (χ2v) is 6.60. The molecule has 18 heavy (non-hydrogen) atoms. The molecule has 0 aliphatic carbocycles. The molecule has 0 bridgehead atoms. The molecule has 1 heterocycles. The van der Waals surface area contributed by atoms with Crippen LogP contribution in [0.3, 0.4) is 0 Å². The lowest BCUT2D eigenvalue weighted by Gasteiger charge is -2.20. The number of sulfonamides is 1. The van der Waals surface area contributed by atoms with Gasteiger partial charge in [-0.3, -0.25) is 0 Å². The van der Waals surface area contributed by atoms with Gasteiger partial charge in [0.15, 0.2) is 5.03 Å². The molecule has 0 radical (unpaired) electrons. The summed E-state index contributed by atoms with van der Waals surface area (Å²) in [5, 5.41) is 0.0907. The highest BCUT2D eigenvalue weighted by atomic mass is 35.5. The highest BCUT2D eigenvalue weighted by molar-refractivity contribution is 7.89. The highest BCUT2D eigenvalue weighted by Crippen LogP contribution is 2.17. The van der Waals surface area contributed by atoms with Crippen molar-refractivity contribution < 1.29 is 8.42 Å². The summed E-state index contributed by atoms with van der Waals surface area (Å²) in [4.78, 5) is 4.13. The molecule has 0 aromatic carbocycles. The third kappa shape index (κ3) is 3.05. The molecule has 0 aliphatic heterocycles. The number of alkyl halides is 1. The van der Waals surface area contributed by atoms with E-state index in [1.54, 1.807) is 20.0 Å². The van der Waals surface area contributed by atoms with Gasteiger partial charge >= 0.3 is 0 Å². The fourth-order valence-electron chi connectivity index (χ4n) is 1.55. The zero-order chi connectivity index (χ0) is 13.9. The van der Waals surface area contributed by atoms with Crippen molar-refractivity contribution in [2.45, 2.75) is 44.8 Å². The molecule has 0 spiro atoms. The Labute approximate surface area is 114 Å². The second kappa shape index (κ2) is 6.04. The molecular weight excluding hydrogens is 274 g/mol.